The Morgan fingerprint density at radius 1 is 1.21 bits per heavy atom. The van der Waals surface area contributed by atoms with Gasteiger partial charge in [-0.3, -0.25) is 0 Å². The monoisotopic (exact) mass is 215 g/mol. The van der Waals surface area contributed by atoms with Gasteiger partial charge in [-0.25, -0.2) is 4.39 Å². The van der Waals surface area contributed by atoms with Crippen LogP contribution in [0.25, 0.3) is 0 Å². The highest BCUT2D eigenvalue weighted by atomic mass is 35.5. The van der Waals surface area contributed by atoms with Crippen molar-refractivity contribution in [1.29, 1.82) is 0 Å². The van der Waals surface area contributed by atoms with Crippen molar-refractivity contribution in [3.05, 3.63) is 27.5 Å². The molecule has 0 radical (unpaired) electrons. The fourth-order valence-corrected chi connectivity index (χ4v) is 2.00. The van der Waals surface area contributed by atoms with E-state index in [1.54, 1.807) is 6.92 Å². The van der Waals surface area contributed by atoms with Crippen LogP contribution < -0.4 is 5.73 Å². The van der Waals surface area contributed by atoms with Crippen LogP contribution in [0, 0.1) is 19.7 Å². The van der Waals surface area contributed by atoms with Gasteiger partial charge in [0.2, 0.25) is 0 Å². The average Bonchev–Trinajstić information content (AvgIpc) is 2.11. The Morgan fingerprint density at radius 2 is 1.71 bits per heavy atom. The molecular formula is C11H15ClFN. The van der Waals surface area contributed by atoms with Gasteiger partial charge in [-0.05, 0) is 36.5 Å². The number of hydrogen-bond acceptors (Lipinski definition) is 1. The molecule has 0 unspecified atom stereocenters. The van der Waals surface area contributed by atoms with Gasteiger partial charge < -0.3 is 5.73 Å². The normalized spacial score (nSPS) is 11.1. The van der Waals surface area contributed by atoms with Crippen LogP contribution in [0.3, 0.4) is 0 Å². The summed E-state index contributed by atoms with van der Waals surface area (Å²) < 4.78 is 13.6. The zero-order valence-electron chi connectivity index (χ0n) is 8.91. The number of anilines is 1. The Bertz CT molecular complexity index is 343. The van der Waals surface area contributed by atoms with Crippen molar-refractivity contribution in [3.8, 4) is 0 Å². The van der Waals surface area contributed by atoms with Gasteiger partial charge in [-0.2, -0.15) is 0 Å². The van der Waals surface area contributed by atoms with E-state index in [1.807, 2.05) is 20.8 Å². The first-order valence-electron chi connectivity index (χ1n) is 4.61. The summed E-state index contributed by atoms with van der Waals surface area (Å²) in [6.07, 6.45) is 0. The summed E-state index contributed by atoms with van der Waals surface area (Å²) >= 11 is 5.92. The largest absolute Gasteiger partial charge is 0.398 e. The smallest absolute Gasteiger partial charge is 0.145 e. The lowest BCUT2D eigenvalue weighted by Crippen LogP contribution is -2.05. The summed E-state index contributed by atoms with van der Waals surface area (Å²) in [6, 6.07) is 0. The molecule has 1 aromatic rings. The summed E-state index contributed by atoms with van der Waals surface area (Å²) in [5.74, 6) is -0.210. The molecule has 78 valence electrons. The lowest BCUT2D eigenvalue weighted by molar-refractivity contribution is 0.613. The fraction of sp³-hybridized carbons (Fsp3) is 0.455. The van der Waals surface area contributed by atoms with Crippen molar-refractivity contribution in [2.75, 3.05) is 5.73 Å². The molecule has 0 amide bonds. The van der Waals surface area contributed by atoms with Crippen LogP contribution in [0.4, 0.5) is 10.1 Å². The number of halogens is 2. The van der Waals surface area contributed by atoms with Gasteiger partial charge in [0.05, 0.1) is 5.02 Å². The predicted octanol–water partition coefficient (Wildman–Crippen LogP) is 3.80. The van der Waals surface area contributed by atoms with Gasteiger partial charge in [0.25, 0.3) is 0 Å². The van der Waals surface area contributed by atoms with Crippen molar-refractivity contribution in [2.45, 2.75) is 33.6 Å². The maximum absolute atomic E-state index is 13.6. The molecule has 0 fully saturated rings. The molecule has 0 aliphatic heterocycles. The number of rotatable bonds is 1. The van der Waals surface area contributed by atoms with Crippen molar-refractivity contribution in [3.63, 3.8) is 0 Å². The van der Waals surface area contributed by atoms with E-state index in [0.717, 1.165) is 5.56 Å². The third kappa shape index (κ3) is 1.59. The molecule has 1 nitrogen and oxygen atoms in total. The molecule has 0 bridgehead atoms. The van der Waals surface area contributed by atoms with E-state index in [1.165, 1.54) is 0 Å². The third-order valence-electron chi connectivity index (χ3n) is 2.59. The van der Waals surface area contributed by atoms with Gasteiger partial charge in [0.15, 0.2) is 0 Å². The van der Waals surface area contributed by atoms with Gasteiger partial charge in [0, 0.05) is 5.69 Å². The molecule has 2 N–H and O–H groups in total. The molecule has 1 aromatic carbocycles. The van der Waals surface area contributed by atoms with Crippen LogP contribution in [0.5, 0.6) is 0 Å². The second-order valence-corrected chi connectivity index (χ2v) is 4.24. The Morgan fingerprint density at radius 3 is 2.14 bits per heavy atom. The highest BCUT2D eigenvalue weighted by molar-refractivity contribution is 6.32. The van der Waals surface area contributed by atoms with Gasteiger partial charge in [0.1, 0.15) is 5.82 Å². The summed E-state index contributed by atoms with van der Waals surface area (Å²) in [6.45, 7) is 7.41. The zero-order chi connectivity index (χ0) is 11.0. The molecule has 0 spiro atoms. The first-order valence-corrected chi connectivity index (χ1v) is 4.99. The van der Waals surface area contributed by atoms with Crippen LogP contribution in [0.1, 0.15) is 36.5 Å². The van der Waals surface area contributed by atoms with E-state index < -0.39 is 0 Å². The number of benzene rings is 1. The highest BCUT2D eigenvalue weighted by Crippen LogP contribution is 2.36. The van der Waals surface area contributed by atoms with Crippen LogP contribution in [-0.2, 0) is 0 Å². The molecule has 0 aliphatic rings. The van der Waals surface area contributed by atoms with E-state index in [9.17, 15) is 4.39 Å². The van der Waals surface area contributed by atoms with Crippen LogP contribution in [-0.4, -0.2) is 0 Å². The molecular weight excluding hydrogens is 201 g/mol. The van der Waals surface area contributed by atoms with Crippen LogP contribution in [0.15, 0.2) is 0 Å². The number of nitrogen functional groups attached to an aromatic ring is 1. The highest BCUT2D eigenvalue weighted by Gasteiger charge is 2.18. The molecule has 3 heteroatoms. The van der Waals surface area contributed by atoms with E-state index in [2.05, 4.69) is 0 Å². The molecule has 0 saturated heterocycles. The Kier molecular flexibility index (Phi) is 3.05. The molecule has 0 atom stereocenters. The molecule has 0 heterocycles. The van der Waals surface area contributed by atoms with Crippen LogP contribution in [0.2, 0.25) is 5.02 Å². The number of hydrogen-bond donors (Lipinski definition) is 1. The van der Waals surface area contributed by atoms with Gasteiger partial charge in [-0.1, -0.05) is 25.4 Å². The SMILES string of the molecule is Cc1c(C)c(F)c(Cl)c(C(C)C)c1N. The second-order valence-electron chi connectivity index (χ2n) is 3.86. The summed E-state index contributed by atoms with van der Waals surface area (Å²) in [7, 11) is 0. The minimum Gasteiger partial charge on any atom is -0.398 e. The minimum absolute atomic E-state index is 0.135. The Hall–Kier alpha value is -0.760. The molecule has 14 heavy (non-hydrogen) atoms. The van der Waals surface area contributed by atoms with Crippen molar-refractivity contribution in [1.82, 2.24) is 0 Å². The molecule has 0 aliphatic carbocycles. The maximum Gasteiger partial charge on any atom is 0.145 e. The Labute approximate surface area is 89.1 Å². The third-order valence-corrected chi connectivity index (χ3v) is 2.96. The first-order chi connectivity index (χ1) is 6.37. The predicted molar refractivity (Wildman–Crippen MR) is 59.4 cm³/mol. The van der Waals surface area contributed by atoms with Crippen molar-refractivity contribution in [2.24, 2.45) is 0 Å². The zero-order valence-corrected chi connectivity index (χ0v) is 9.67. The van der Waals surface area contributed by atoms with E-state index in [4.69, 9.17) is 17.3 Å². The standard InChI is InChI=1S/C11H15ClFN/c1-5(2)8-9(12)10(13)6(3)7(4)11(8)14/h5H,14H2,1-4H3. The summed E-state index contributed by atoms with van der Waals surface area (Å²) in [4.78, 5) is 0. The molecule has 0 aromatic heterocycles. The van der Waals surface area contributed by atoms with E-state index in [0.29, 0.717) is 16.8 Å². The van der Waals surface area contributed by atoms with Gasteiger partial charge in [-0.15, -0.1) is 0 Å². The van der Waals surface area contributed by atoms with Gasteiger partial charge >= 0.3 is 0 Å². The van der Waals surface area contributed by atoms with Crippen LogP contribution >= 0.6 is 11.6 Å². The quantitative estimate of drug-likeness (QED) is 0.709. The first kappa shape index (κ1) is 11.3. The minimum atomic E-state index is -0.345. The summed E-state index contributed by atoms with van der Waals surface area (Å²) in [5.41, 5.74) is 8.56. The Balaban J connectivity index is 3.60. The maximum atomic E-state index is 13.6. The lowest BCUT2D eigenvalue weighted by Gasteiger charge is -2.17. The molecule has 1 rings (SSSR count). The fourth-order valence-electron chi connectivity index (χ4n) is 1.53. The summed E-state index contributed by atoms with van der Waals surface area (Å²) in [5, 5.41) is 0.167. The van der Waals surface area contributed by atoms with Crippen molar-refractivity contribution < 1.29 is 4.39 Å². The lowest BCUT2D eigenvalue weighted by atomic mass is 9.95. The second kappa shape index (κ2) is 3.77. The number of nitrogens with two attached hydrogens (primary N) is 1. The molecule has 0 saturated carbocycles. The average molecular weight is 216 g/mol. The topological polar surface area (TPSA) is 26.0 Å². The van der Waals surface area contributed by atoms with E-state index in [-0.39, 0.29) is 16.8 Å². The van der Waals surface area contributed by atoms with E-state index >= 15 is 0 Å². The van der Waals surface area contributed by atoms with Crippen molar-refractivity contribution >= 4 is 17.3 Å².